The van der Waals surface area contributed by atoms with Crippen LogP contribution in [0.5, 0.6) is 5.75 Å². The molecule has 30 heavy (non-hydrogen) atoms. The zero-order valence-corrected chi connectivity index (χ0v) is 17.1. The Labute approximate surface area is 176 Å². The number of carbonyl (C=O) groups is 1. The molecule has 0 bridgehead atoms. The Bertz CT molecular complexity index is 1310. The van der Waals surface area contributed by atoms with Crippen molar-refractivity contribution < 1.29 is 9.53 Å². The molecule has 4 aromatic rings. The smallest absolute Gasteiger partial charge is 0.273 e. The van der Waals surface area contributed by atoms with E-state index in [4.69, 9.17) is 4.74 Å². The molecule has 8 heteroatoms. The molecule has 0 saturated heterocycles. The van der Waals surface area contributed by atoms with Crippen LogP contribution < -0.4 is 15.2 Å². The first-order valence-electron chi connectivity index (χ1n) is 9.56. The van der Waals surface area contributed by atoms with E-state index in [-0.39, 0.29) is 18.0 Å². The van der Waals surface area contributed by atoms with Crippen molar-refractivity contribution in [2.75, 3.05) is 18.1 Å². The van der Waals surface area contributed by atoms with Crippen molar-refractivity contribution in [3.8, 4) is 17.0 Å². The van der Waals surface area contributed by atoms with Crippen LogP contribution in [0, 0.1) is 6.92 Å². The summed E-state index contributed by atoms with van der Waals surface area (Å²) in [5.41, 5.74) is 3.67. The highest BCUT2D eigenvalue weighted by atomic mass is 32.1. The highest BCUT2D eigenvalue weighted by Gasteiger charge is 2.25. The van der Waals surface area contributed by atoms with Crippen LogP contribution >= 0.6 is 11.5 Å². The van der Waals surface area contributed by atoms with Crippen molar-refractivity contribution in [2.24, 2.45) is 0 Å². The quantitative estimate of drug-likeness (QED) is 0.510. The van der Waals surface area contributed by atoms with Gasteiger partial charge in [-0.1, -0.05) is 36.4 Å². The molecule has 0 atom stereocenters. The van der Waals surface area contributed by atoms with Crippen molar-refractivity contribution in [2.45, 2.75) is 13.5 Å². The Morgan fingerprint density at radius 2 is 2.03 bits per heavy atom. The zero-order chi connectivity index (χ0) is 20.7. The van der Waals surface area contributed by atoms with E-state index in [0.717, 1.165) is 28.3 Å². The Kier molecular flexibility index (Phi) is 4.55. The second kappa shape index (κ2) is 7.38. The van der Waals surface area contributed by atoms with Crippen LogP contribution in [0.4, 0.5) is 5.69 Å². The largest absolute Gasteiger partial charge is 0.490 e. The monoisotopic (exact) mass is 418 g/mol. The van der Waals surface area contributed by atoms with Crippen LogP contribution in [0.15, 0.2) is 59.7 Å². The maximum absolute atomic E-state index is 13.0. The molecule has 150 valence electrons. The highest BCUT2D eigenvalue weighted by molar-refractivity contribution is 7.13. The van der Waals surface area contributed by atoms with Crippen molar-refractivity contribution in [1.82, 2.24) is 13.9 Å². The third-order valence-corrected chi connectivity index (χ3v) is 5.90. The molecule has 0 radical (unpaired) electrons. The molecule has 2 aromatic carbocycles. The Hall–Kier alpha value is -3.52. The number of hydrogen-bond acceptors (Lipinski definition) is 6. The summed E-state index contributed by atoms with van der Waals surface area (Å²) < 4.78 is 11.9. The molecular formula is C22H18N4O3S. The van der Waals surface area contributed by atoms with Crippen LogP contribution in [0.25, 0.3) is 21.5 Å². The van der Waals surface area contributed by atoms with E-state index in [1.165, 1.54) is 10.9 Å². The standard InChI is InChI=1S/C22H18N4O3S/c1-14-7-8-17-16(11-14)26(9-10-29-17)18(27)12-25-13-23-20-19(15-5-3-2-4-6-15)24-30-21(20)22(25)28/h2-8,11,13H,9-10,12H2,1H3. The number of anilines is 1. The Morgan fingerprint density at radius 1 is 1.20 bits per heavy atom. The minimum atomic E-state index is -0.259. The van der Waals surface area contributed by atoms with E-state index in [9.17, 15) is 9.59 Å². The van der Waals surface area contributed by atoms with Gasteiger partial charge in [-0.25, -0.2) is 4.98 Å². The van der Waals surface area contributed by atoms with Crippen molar-refractivity contribution in [3.63, 3.8) is 0 Å². The van der Waals surface area contributed by atoms with E-state index in [2.05, 4.69) is 9.36 Å². The number of benzene rings is 2. The number of rotatable bonds is 3. The fourth-order valence-corrected chi connectivity index (χ4v) is 4.38. The van der Waals surface area contributed by atoms with E-state index < -0.39 is 0 Å². The summed E-state index contributed by atoms with van der Waals surface area (Å²) in [7, 11) is 0. The van der Waals surface area contributed by atoms with Crippen LogP contribution in [0.1, 0.15) is 5.56 Å². The average molecular weight is 418 g/mol. The van der Waals surface area contributed by atoms with Gasteiger partial charge in [0.25, 0.3) is 5.56 Å². The van der Waals surface area contributed by atoms with E-state index in [1.54, 1.807) is 4.90 Å². The van der Waals surface area contributed by atoms with Gasteiger partial charge < -0.3 is 9.64 Å². The van der Waals surface area contributed by atoms with Gasteiger partial charge in [0.05, 0.1) is 18.6 Å². The number of ether oxygens (including phenoxy) is 1. The van der Waals surface area contributed by atoms with E-state index in [0.29, 0.717) is 34.8 Å². The number of aromatic nitrogens is 3. The maximum atomic E-state index is 13.0. The summed E-state index contributed by atoms with van der Waals surface area (Å²) in [6, 6.07) is 15.4. The second-order valence-corrected chi connectivity index (χ2v) is 7.89. The molecule has 0 N–H and O–H groups in total. The lowest BCUT2D eigenvalue weighted by Crippen LogP contribution is -2.41. The molecule has 0 spiro atoms. The van der Waals surface area contributed by atoms with Gasteiger partial charge in [0.2, 0.25) is 5.91 Å². The minimum Gasteiger partial charge on any atom is -0.490 e. The Balaban J connectivity index is 1.47. The minimum absolute atomic E-state index is 0.0896. The summed E-state index contributed by atoms with van der Waals surface area (Å²) in [4.78, 5) is 32.1. The van der Waals surface area contributed by atoms with Gasteiger partial charge in [0, 0.05) is 5.56 Å². The summed E-state index contributed by atoms with van der Waals surface area (Å²) in [5.74, 6) is 0.497. The van der Waals surface area contributed by atoms with Crippen molar-refractivity contribution in [3.05, 3.63) is 70.8 Å². The van der Waals surface area contributed by atoms with Crippen LogP contribution in [-0.2, 0) is 11.3 Å². The van der Waals surface area contributed by atoms with Gasteiger partial charge in [-0.3, -0.25) is 14.2 Å². The summed E-state index contributed by atoms with van der Waals surface area (Å²) in [6.45, 7) is 2.74. The molecule has 0 aliphatic carbocycles. The zero-order valence-electron chi connectivity index (χ0n) is 16.2. The topological polar surface area (TPSA) is 77.3 Å². The molecule has 0 fully saturated rings. The molecule has 7 nitrogen and oxygen atoms in total. The van der Waals surface area contributed by atoms with Gasteiger partial charge in [-0.15, -0.1) is 0 Å². The predicted octanol–water partition coefficient (Wildman–Crippen LogP) is 3.25. The molecule has 1 aliphatic heterocycles. The van der Waals surface area contributed by atoms with Crippen LogP contribution in [0.3, 0.4) is 0 Å². The summed E-state index contributed by atoms with van der Waals surface area (Å²) >= 11 is 1.11. The number of aryl methyl sites for hydroxylation is 1. The highest BCUT2D eigenvalue weighted by Crippen LogP contribution is 2.32. The predicted molar refractivity (Wildman–Crippen MR) is 116 cm³/mol. The molecule has 2 aromatic heterocycles. The summed E-state index contributed by atoms with van der Waals surface area (Å²) in [5, 5.41) is 0. The number of hydrogen-bond donors (Lipinski definition) is 0. The Morgan fingerprint density at radius 3 is 2.87 bits per heavy atom. The normalized spacial score (nSPS) is 13.2. The van der Waals surface area contributed by atoms with Crippen molar-refractivity contribution in [1.29, 1.82) is 0 Å². The van der Waals surface area contributed by atoms with Gasteiger partial charge in [0.1, 0.15) is 34.8 Å². The number of fused-ring (bicyclic) bond motifs is 2. The third kappa shape index (κ3) is 3.15. The first-order valence-corrected chi connectivity index (χ1v) is 10.3. The van der Waals surface area contributed by atoms with Gasteiger partial charge in [0.15, 0.2) is 0 Å². The van der Waals surface area contributed by atoms with Crippen LogP contribution in [0.2, 0.25) is 0 Å². The SMILES string of the molecule is Cc1ccc2c(c1)N(C(=O)Cn1cnc3c(-c4ccccc4)nsc3c1=O)CCO2. The molecular weight excluding hydrogens is 400 g/mol. The van der Waals surface area contributed by atoms with Gasteiger partial charge in [-0.2, -0.15) is 4.37 Å². The van der Waals surface area contributed by atoms with Crippen molar-refractivity contribution >= 4 is 33.3 Å². The molecule has 0 saturated carbocycles. The van der Waals surface area contributed by atoms with Gasteiger partial charge in [-0.05, 0) is 36.2 Å². The molecule has 5 rings (SSSR count). The van der Waals surface area contributed by atoms with E-state index in [1.807, 2.05) is 55.5 Å². The second-order valence-electron chi connectivity index (χ2n) is 7.12. The average Bonchev–Trinajstić information content (AvgIpc) is 3.20. The first-order chi connectivity index (χ1) is 14.6. The lowest BCUT2D eigenvalue weighted by Gasteiger charge is -2.30. The van der Waals surface area contributed by atoms with E-state index >= 15 is 0 Å². The number of nitrogens with zero attached hydrogens (tertiary/aromatic N) is 4. The molecule has 1 amide bonds. The fourth-order valence-electron chi connectivity index (χ4n) is 3.57. The lowest BCUT2D eigenvalue weighted by molar-refractivity contribution is -0.119. The first kappa shape index (κ1) is 18.5. The molecule has 0 unspecified atom stereocenters. The van der Waals surface area contributed by atoms with Crippen LogP contribution in [-0.4, -0.2) is 33.0 Å². The molecule has 3 heterocycles. The number of amides is 1. The summed E-state index contributed by atoms with van der Waals surface area (Å²) in [6.07, 6.45) is 1.43. The number of carbonyl (C=O) groups excluding carboxylic acids is 1. The maximum Gasteiger partial charge on any atom is 0.273 e. The third-order valence-electron chi connectivity index (χ3n) is 5.08. The fraction of sp³-hybridized carbons (Fsp3) is 0.182. The molecule has 1 aliphatic rings. The van der Waals surface area contributed by atoms with Gasteiger partial charge >= 0.3 is 0 Å². The lowest BCUT2D eigenvalue weighted by atomic mass is 10.1.